The van der Waals surface area contributed by atoms with Gasteiger partial charge in [0.05, 0.1) is 6.54 Å². The molecule has 0 unspecified atom stereocenters. The minimum atomic E-state index is 0.243. The topological polar surface area (TPSA) is 66.5 Å². The smallest absolute Gasteiger partial charge is 0.162 e. The third-order valence-electron chi connectivity index (χ3n) is 3.46. The highest BCUT2D eigenvalue weighted by Gasteiger charge is 2.12. The van der Waals surface area contributed by atoms with Crippen molar-refractivity contribution < 1.29 is 0 Å². The number of nitriles is 1. The van der Waals surface area contributed by atoms with E-state index in [0.717, 1.165) is 18.8 Å². The van der Waals surface area contributed by atoms with E-state index < -0.39 is 0 Å². The van der Waals surface area contributed by atoms with Gasteiger partial charge in [-0.2, -0.15) is 9.64 Å². The molecule has 2 heterocycles. The first-order valence-electron chi connectivity index (χ1n) is 7.11. The highest BCUT2D eigenvalue weighted by atomic mass is 35.5. The van der Waals surface area contributed by atoms with E-state index in [2.05, 4.69) is 37.4 Å². The van der Waals surface area contributed by atoms with E-state index in [1.54, 1.807) is 6.20 Å². The van der Waals surface area contributed by atoms with E-state index >= 15 is 0 Å². The lowest BCUT2D eigenvalue weighted by molar-refractivity contribution is 0.658. The van der Waals surface area contributed by atoms with Crippen LogP contribution in [0.4, 0.5) is 5.00 Å². The molecule has 23 heavy (non-hydrogen) atoms. The number of rotatable bonds is 6. The van der Waals surface area contributed by atoms with Crippen molar-refractivity contribution in [3.05, 3.63) is 64.8 Å². The van der Waals surface area contributed by atoms with Crippen LogP contribution in [0.3, 0.4) is 0 Å². The summed E-state index contributed by atoms with van der Waals surface area (Å²) in [6.45, 7) is 1.38. The third-order valence-corrected chi connectivity index (χ3v) is 4.63. The van der Waals surface area contributed by atoms with Crippen LogP contribution in [0.1, 0.15) is 17.0 Å². The van der Waals surface area contributed by atoms with Crippen LogP contribution in [0.2, 0.25) is 5.15 Å². The molecule has 7 heteroatoms. The molecule has 2 aromatic heterocycles. The number of aryl methyl sites for hydroxylation is 2. The fourth-order valence-corrected chi connectivity index (χ4v) is 3.18. The summed E-state index contributed by atoms with van der Waals surface area (Å²) in [6.07, 6.45) is 4.69. The molecule has 3 rings (SSSR count). The quantitative estimate of drug-likeness (QED) is 0.740. The van der Waals surface area contributed by atoms with Gasteiger partial charge >= 0.3 is 0 Å². The van der Waals surface area contributed by atoms with Crippen molar-refractivity contribution in [2.75, 3.05) is 5.32 Å². The SMILES string of the molecule is N#Cc1c(Cl)nsc1NCc1nccn1CCc1ccccc1. The lowest BCUT2D eigenvalue weighted by Crippen LogP contribution is -2.10. The maximum Gasteiger partial charge on any atom is 0.162 e. The van der Waals surface area contributed by atoms with Crippen LogP contribution in [-0.2, 0) is 19.5 Å². The normalized spacial score (nSPS) is 10.4. The number of benzene rings is 1. The molecule has 0 aliphatic carbocycles. The zero-order valence-electron chi connectivity index (χ0n) is 12.2. The predicted molar refractivity (Wildman–Crippen MR) is 91.5 cm³/mol. The second-order valence-corrected chi connectivity index (χ2v) is 6.05. The van der Waals surface area contributed by atoms with Gasteiger partial charge in [0.15, 0.2) is 5.15 Å². The minimum Gasteiger partial charge on any atom is -0.367 e. The number of halogens is 1. The van der Waals surface area contributed by atoms with Crippen LogP contribution in [0, 0.1) is 11.3 Å². The van der Waals surface area contributed by atoms with E-state index in [1.807, 2.05) is 24.4 Å². The van der Waals surface area contributed by atoms with E-state index in [1.165, 1.54) is 17.1 Å². The first-order chi connectivity index (χ1) is 11.3. The Labute approximate surface area is 143 Å². The summed E-state index contributed by atoms with van der Waals surface area (Å²) in [5, 5.41) is 13.2. The Morgan fingerprint density at radius 1 is 1.30 bits per heavy atom. The summed E-state index contributed by atoms with van der Waals surface area (Å²) < 4.78 is 6.09. The van der Waals surface area contributed by atoms with E-state index in [0.29, 0.717) is 17.1 Å². The zero-order valence-corrected chi connectivity index (χ0v) is 13.8. The first kappa shape index (κ1) is 15.5. The second kappa shape index (κ2) is 7.27. The molecule has 116 valence electrons. The van der Waals surface area contributed by atoms with Gasteiger partial charge in [0.2, 0.25) is 0 Å². The largest absolute Gasteiger partial charge is 0.367 e. The van der Waals surface area contributed by atoms with Gasteiger partial charge in [-0.05, 0) is 23.5 Å². The molecule has 0 aliphatic heterocycles. The number of hydrogen-bond acceptors (Lipinski definition) is 5. The van der Waals surface area contributed by atoms with Gasteiger partial charge in [0.1, 0.15) is 22.5 Å². The molecule has 0 saturated heterocycles. The number of nitrogens with zero attached hydrogens (tertiary/aromatic N) is 4. The van der Waals surface area contributed by atoms with Crippen LogP contribution in [0.25, 0.3) is 0 Å². The molecule has 3 aromatic rings. The van der Waals surface area contributed by atoms with Crippen LogP contribution in [0.15, 0.2) is 42.7 Å². The van der Waals surface area contributed by atoms with Crippen LogP contribution in [-0.4, -0.2) is 13.9 Å². The van der Waals surface area contributed by atoms with Crippen molar-refractivity contribution in [1.29, 1.82) is 5.26 Å². The van der Waals surface area contributed by atoms with Crippen LogP contribution in [0.5, 0.6) is 0 Å². The highest BCUT2D eigenvalue weighted by Crippen LogP contribution is 2.27. The average Bonchev–Trinajstić information content (AvgIpc) is 3.17. The Morgan fingerprint density at radius 2 is 2.13 bits per heavy atom. The number of aromatic nitrogens is 3. The Kier molecular flexibility index (Phi) is 4.91. The van der Waals surface area contributed by atoms with E-state index in [9.17, 15) is 0 Å². The van der Waals surface area contributed by atoms with Crippen LogP contribution >= 0.6 is 23.1 Å². The van der Waals surface area contributed by atoms with Crippen molar-refractivity contribution >= 4 is 28.1 Å². The number of nitrogens with one attached hydrogen (secondary N) is 1. The molecular weight excluding hydrogens is 330 g/mol. The molecule has 0 aliphatic rings. The lowest BCUT2D eigenvalue weighted by Gasteiger charge is -2.09. The molecular formula is C16H14ClN5S. The summed E-state index contributed by atoms with van der Waals surface area (Å²) in [5.41, 5.74) is 1.68. The Morgan fingerprint density at radius 3 is 2.91 bits per heavy atom. The van der Waals surface area contributed by atoms with Gasteiger partial charge in [0, 0.05) is 18.9 Å². The molecule has 0 saturated carbocycles. The fourth-order valence-electron chi connectivity index (χ4n) is 2.25. The van der Waals surface area contributed by atoms with Gasteiger partial charge in [-0.1, -0.05) is 41.9 Å². The number of hydrogen-bond donors (Lipinski definition) is 1. The second-order valence-electron chi connectivity index (χ2n) is 4.92. The first-order valence-corrected chi connectivity index (χ1v) is 8.26. The molecule has 0 atom stereocenters. The van der Waals surface area contributed by atoms with Gasteiger partial charge in [-0.3, -0.25) is 0 Å². The van der Waals surface area contributed by atoms with E-state index in [-0.39, 0.29) is 5.15 Å². The molecule has 0 radical (unpaired) electrons. The number of imidazole rings is 1. The Balaban J connectivity index is 1.63. The van der Waals surface area contributed by atoms with Gasteiger partial charge < -0.3 is 9.88 Å². The Bertz CT molecular complexity index is 819. The van der Waals surface area contributed by atoms with Gasteiger partial charge in [-0.25, -0.2) is 4.98 Å². The van der Waals surface area contributed by atoms with Crippen molar-refractivity contribution in [1.82, 2.24) is 13.9 Å². The molecule has 1 N–H and O–H groups in total. The third kappa shape index (κ3) is 3.70. The van der Waals surface area contributed by atoms with Crippen molar-refractivity contribution in [2.45, 2.75) is 19.5 Å². The zero-order chi connectivity index (χ0) is 16.1. The van der Waals surface area contributed by atoms with Crippen molar-refractivity contribution in [3.63, 3.8) is 0 Å². The Hall–Kier alpha value is -2.36. The maximum absolute atomic E-state index is 9.08. The summed E-state index contributed by atoms with van der Waals surface area (Å²) in [4.78, 5) is 4.37. The molecule has 1 aromatic carbocycles. The molecule has 0 bridgehead atoms. The van der Waals surface area contributed by atoms with Gasteiger partial charge in [0.25, 0.3) is 0 Å². The minimum absolute atomic E-state index is 0.243. The van der Waals surface area contributed by atoms with E-state index in [4.69, 9.17) is 16.9 Å². The van der Waals surface area contributed by atoms with Crippen molar-refractivity contribution in [2.24, 2.45) is 0 Å². The van der Waals surface area contributed by atoms with Crippen molar-refractivity contribution in [3.8, 4) is 6.07 Å². The standard InChI is InChI=1S/C16H14ClN5S/c17-15-13(10-18)16(23-21-15)20-11-14-19-7-9-22(14)8-6-12-4-2-1-3-5-12/h1-5,7,9,20H,6,8,11H2. The molecule has 0 spiro atoms. The predicted octanol–water partition coefficient (Wildman–Crippen LogP) is 3.72. The maximum atomic E-state index is 9.08. The monoisotopic (exact) mass is 343 g/mol. The fraction of sp³-hybridized carbons (Fsp3) is 0.188. The van der Waals surface area contributed by atoms with Crippen LogP contribution < -0.4 is 5.32 Å². The molecule has 5 nitrogen and oxygen atoms in total. The lowest BCUT2D eigenvalue weighted by atomic mass is 10.1. The van der Waals surface area contributed by atoms with Gasteiger partial charge in [-0.15, -0.1) is 0 Å². The summed E-state index contributed by atoms with van der Waals surface area (Å²) in [5.74, 6) is 0.911. The highest BCUT2D eigenvalue weighted by molar-refractivity contribution is 7.10. The summed E-state index contributed by atoms with van der Waals surface area (Å²) in [6, 6.07) is 12.4. The average molecular weight is 344 g/mol. The molecule has 0 fully saturated rings. The number of anilines is 1. The molecule has 0 amide bonds. The summed E-state index contributed by atoms with van der Waals surface area (Å²) in [7, 11) is 0. The summed E-state index contributed by atoms with van der Waals surface area (Å²) >= 11 is 7.06.